The number of aryl methyl sites for hydroxylation is 1. The summed E-state index contributed by atoms with van der Waals surface area (Å²) in [5.41, 5.74) is 9.15. The Morgan fingerprint density at radius 2 is 1.73 bits per heavy atom. The molecule has 0 unspecified atom stereocenters. The van der Waals surface area contributed by atoms with Gasteiger partial charge >= 0.3 is 23.5 Å². The fourth-order valence-electron chi connectivity index (χ4n) is 2.24. The van der Waals surface area contributed by atoms with Crippen molar-refractivity contribution in [2.24, 2.45) is 0 Å². The number of anilines is 1. The van der Waals surface area contributed by atoms with Crippen LogP contribution in [-0.4, -0.2) is 36.1 Å². The first-order valence-corrected chi connectivity index (χ1v) is 13.4. The summed E-state index contributed by atoms with van der Waals surface area (Å²) >= 11 is 1.30. The van der Waals surface area contributed by atoms with Crippen LogP contribution in [0.4, 0.5) is 5.82 Å². The molecule has 18 heteroatoms. The van der Waals surface area contributed by atoms with Crippen molar-refractivity contribution in [1.82, 2.24) is 9.97 Å². The van der Waals surface area contributed by atoms with Gasteiger partial charge in [-0.1, -0.05) is 11.3 Å². The summed E-state index contributed by atoms with van der Waals surface area (Å²) in [6.45, 7) is 3.42. The first kappa shape index (κ1) is 25.2. The molecule has 2 aromatic rings. The van der Waals surface area contributed by atoms with Crippen LogP contribution < -0.4 is 10.3 Å². The number of nitrogens with zero attached hydrogens (tertiary/aromatic N) is 3. The minimum Gasteiger partial charge on any atom is -0.383 e. The van der Waals surface area contributed by atoms with Crippen LogP contribution in [0.15, 0.2) is 11.7 Å². The topological polar surface area (TPSA) is 216 Å². The van der Waals surface area contributed by atoms with Gasteiger partial charge in [0.2, 0.25) is 5.51 Å². The summed E-state index contributed by atoms with van der Waals surface area (Å²) in [6.07, 6.45) is 1.70. The third-order valence-electron chi connectivity index (χ3n) is 3.51. The standard InChI is InChI=1S/C12H19N4O10P3S/c1-8-11(30-7-16(8)6-10-5-14-9(2)15-12(10)13)3-4-24-29(23,25-27(17,18)19)26-28(20,21)22/h5,7H,3-4,6H2,1-2H3,(H5-,13,14,15,17,18,19,20,21,22)/p+1. The van der Waals surface area contributed by atoms with Gasteiger partial charge in [-0.25, -0.2) is 23.7 Å². The quantitative estimate of drug-likeness (QED) is 0.225. The Hall–Kier alpha value is -1.08. The lowest BCUT2D eigenvalue weighted by atomic mass is 10.2. The molecule has 0 atom stereocenters. The molecule has 2 aromatic heterocycles. The van der Waals surface area contributed by atoms with E-state index in [2.05, 4.69) is 23.1 Å². The van der Waals surface area contributed by atoms with Crippen molar-refractivity contribution in [3.05, 3.63) is 33.7 Å². The van der Waals surface area contributed by atoms with Crippen LogP contribution in [0.25, 0.3) is 0 Å². The van der Waals surface area contributed by atoms with E-state index in [1.807, 2.05) is 4.57 Å². The van der Waals surface area contributed by atoms with E-state index in [1.165, 1.54) is 11.3 Å². The molecule has 0 aromatic carbocycles. The van der Waals surface area contributed by atoms with Crippen LogP contribution in [-0.2, 0) is 39.8 Å². The number of aromatic nitrogens is 3. The molecule has 6 N–H and O–H groups in total. The molecule has 0 radical (unpaired) electrons. The molecule has 0 amide bonds. The monoisotopic (exact) mass is 505 g/mol. The number of phosphoric acid groups is 3. The van der Waals surface area contributed by atoms with Gasteiger partial charge in [0.1, 0.15) is 11.6 Å². The van der Waals surface area contributed by atoms with Crippen molar-refractivity contribution in [3.8, 4) is 0 Å². The summed E-state index contributed by atoms with van der Waals surface area (Å²) in [5, 5.41) is 0. The predicted octanol–water partition coefficient (Wildman–Crippen LogP) is 0.959. The number of nitrogen functional groups attached to an aromatic ring is 1. The van der Waals surface area contributed by atoms with E-state index in [4.69, 9.17) is 25.3 Å². The van der Waals surface area contributed by atoms with Crippen LogP contribution >= 0.6 is 34.8 Å². The maximum Gasteiger partial charge on any atom is 0.492 e. The fraction of sp³-hybridized carbons (Fsp3) is 0.417. The molecule has 0 aliphatic heterocycles. The van der Waals surface area contributed by atoms with Crippen molar-refractivity contribution in [1.29, 1.82) is 0 Å². The van der Waals surface area contributed by atoms with E-state index in [0.29, 0.717) is 23.8 Å². The van der Waals surface area contributed by atoms with Gasteiger partial charge in [-0.2, -0.15) is 13.2 Å². The van der Waals surface area contributed by atoms with Crippen LogP contribution in [0.1, 0.15) is 22.0 Å². The molecule has 0 fully saturated rings. The van der Waals surface area contributed by atoms with Gasteiger partial charge in [-0.3, -0.25) is 4.52 Å². The molecule has 0 aliphatic rings. The molecule has 2 heterocycles. The SMILES string of the molecule is Cc1ncc(C[n+]2csc(CCOP(=O)(OP(=O)(O)O)OP(=O)(O)O)c2C)c(N)n1. The Morgan fingerprint density at radius 1 is 1.13 bits per heavy atom. The third-order valence-corrected chi connectivity index (χ3v) is 8.45. The van der Waals surface area contributed by atoms with Crippen molar-refractivity contribution < 1.29 is 51.0 Å². The van der Waals surface area contributed by atoms with Gasteiger partial charge in [-0.15, -0.1) is 0 Å². The highest BCUT2D eigenvalue weighted by molar-refractivity contribution is 7.66. The van der Waals surface area contributed by atoms with Gasteiger partial charge in [0.15, 0.2) is 12.2 Å². The Kier molecular flexibility index (Phi) is 8.05. The minimum atomic E-state index is -5.42. The Balaban J connectivity index is 2.07. The zero-order valence-corrected chi connectivity index (χ0v) is 19.2. The van der Waals surface area contributed by atoms with Gasteiger partial charge in [-0.05, 0) is 6.92 Å². The Bertz CT molecular complexity index is 1020. The fourth-order valence-corrected chi connectivity index (χ4v) is 6.38. The number of hydrogen-bond donors (Lipinski definition) is 5. The van der Waals surface area contributed by atoms with E-state index < -0.39 is 30.1 Å². The molecule has 0 spiro atoms. The van der Waals surface area contributed by atoms with Gasteiger partial charge < -0.3 is 25.3 Å². The molecule has 0 aliphatic carbocycles. The van der Waals surface area contributed by atoms with Gasteiger partial charge in [0.05, 0.1) is 17.0 Å². The smallest absolute Gasteiger partial charge is 0.383 e. The summed E-state index contributed by atoms with van der Waals surface area (Å²) in [4.78, 5) is 44.0. The second-order valence-electron chi connectivity index (χ2n) is 5.86. The van der Waals surface area contributed by atoms with E-state index in [-0.39, 0.29) is 6.42 Å². The minimum absolute atomic E-state index is 0.0857. The Morgan fingerprint density at radius 3 is 2.27 bits per heavy atom. The molecular formula is C12H20N4O10P3S+. The van der Waals surface area contributed by atoms with Gasteiger partial charge in [0, 0.05) is 19.5 Å². The molecule has 30 heavy (non-hydrogen) atoms. The molecule has 2 rings (SSSR count). The predicted molar refractivity (Wildman–Crippen MR) is 103 cm³/mol. The van der Waals surface area contributed by atoms with Crippen LogP contribution in [0.5, 0.6) is 0 Å². The molecule has 14 nitrogen and oxygen atoms in total. The summed E-state index contributed by atoms with van der Waals surface area (Å²) < 4.78 is 48.2. The van der Waals surface area contributed by atoms with Gasteiger partial charge in [0.25, 0.3) is 0 Å². The van der Waals surface area contributed by atoms with Crippen LogP contribution in [0, 0.1) is 13.8 Å². The van der Waals surface area contributed by atoms with E-state index in [1.54, 1.807) is 25.6 Å². The first-order chi connectivity index (χ1) is 13.7. The Labute approximate surface area is 174 Å². The number of thiazole rings is 1. The highest BCUT2D eigenvalue weighted by atomic mass is 32.1. The second-order valence-corrected chi connectivity index (χ2v) is 11.2. The first-order valence-electron chi connectivity index (χ1n) is 8.00. The van der Waals surface area contributed by atoms with E-state index in [9.17, 15) is 13.7 Å². The number of rotatable bonds is 10. The molecular weight excluding hydrogens is 485 g/mol. The number of nitrogens with two attached hydrogens (primary N) is 1. The van der Waals surface area contributed by atoms with Crippen LogP contribution in [0.3, 0.4) is 0 Å². The lowest BCUT2D eigenvalue weighted by molar-refractivity contribution is -0.689. The second kappa shape index (κ2) is 9.60. The molecule has 0 saturated heterocycles. The maximum atomic E-state index is 12.2. The molecule has 0 saturated carbocycles. The lowest BCUT2D eigenvalue weighted by Gasteiger charge is -2.17. The normalized spacial score (nSPS) is 13.0. The molecule has 168 valence electrons. The highest BCUT2D eigenvalue weighted by Crippen LogP contribution is 2.67. The zero-order valence-electron chi connectivity index (χ0n) is 15.7. The van der Waals surface area contributed by atoms with Crippen molar-refractivity contribution in [2.45, 2.75) is 26.8 Å². The zero-order chi connectivity index (χ0) is 22.7. The summed E-state index contributed by atoms with van der Waals surface area (Å²) in [6, 6.07) is 0. The maximum absolute atomic E-state index is 12.2. The lowest BCUT2D eigenvalue weighted by Crippen LogP contribution is -2.35. The van der Waals surface area contributed by atoms with Crippen molar-refractivity contribution >= 4 is 40.6 Å². The molecule has 0 bridgehead atoms. The number of hydrogen-bond acceptors (Lipinski definition) is 10. The average molecular weight is 505 g/mol. The average Bonchev–Trinajstić information content (AvgIpc) is 2.87. The summed E-state index contributed by atoms with van der Waals surface area (Å²) in [7, 11) is -16.1. The largest absolute Gasteiger partial charge is 0.492 e. The van der Waals surface area contributed by atoms with E-state index >= 15 is 0 Å². The van der Waals surface area contributed by atoms with E-state index in [0.717, 1.165) is 10.6 Å². The van der Waals surface area contributed by atoms with Crippen molar-refractivity contribution in [2.75, 3.05) is 12.3 Å². The highest BCUT2D eigenvalue weighted by Gasteiger charge is 2.42. The summed E-state index contributed by atoms with van der Waals surface area (Å²) in [5.74, 6) is 0.885. The van der Waals surface area contributed by atoms with Crippen LogP contribution in [0.2, 0.25) is 0 Å². The van der Waals surface area contributed by atoms with Crippen molar-refractivity contribution in [3.63, 3.8) is 0 Å². The third kappa shape index (κ3) is 7.88.